The normalized spacial score (nSPS) is 12.5. The van der Waals surface area contributed by atoms with Crippen LogP contribution in [0.1, 0.15) is 50.8 Å². The summed E-state index contributed by atoms with van der Waals surface area (Å²) in [5.41, 5.74) is 2.05. The Balaban J connectivity index is 2.25. The average Bonchev–Trinajstić information content (AvgIpc) is 2.89. The maximum atomic E-state index is 5.86. The number of methoxy groups -OCH3 is 1. The molecule has 1 aromatic heterocycles. The highest BCUT2D eigenvalue weighted by atomic mass is 16.6. The molecule has 1 atom stereocenters. The van der Waals surface area contributed by atoms with E-state index in [1.54, 1.807) is 7.11 Å². The first-order valence-corrected chi connectivity index (χ1v) is 7.81. The molecular formula is C18H25NO3. The summed E-state index contributed by atoms with van der Waals surface area (Å²) in [7, 11) is 1.67. The van der Waals surface area contributed by atoms with Crippen molar-refractivity contribution in [2.45, 2.75) is 40.0 Å². The van der Waals surface area contributed by atoms with Gasteiger partial charge in [-0.2, -0.15) is 0 Å². The van der Waals surface area contributed by atoms with Gasteiger partial charge in [0.25, 0.3) is 0 Å². The molecule has 0 radical (unpaired) electrons. The standard InChI is InChI=1S/C18H25NO3/c1-6-21-18-16(11-12(2)3)19-17(22-18)13(4)14-7-9-15(20-5)10-8-14/h7-10,12-13H,6,11H2,1-5H3. The van der Waals surface area contributed by atoms with Crippen LogP contribution in [0.4, 0.5) is 0 Å². The Labute approximate surface area is 132 Å². The van der Waals surface area contributed by atoms with Gasteiger partial charge in [0.2, 0.25) is 5.89 Å². The van der Waals surface area contributed by atoms with Crippen molar-refractivity contribution in [2.75, 3.05) is 13.7 Å². The van der Waals surface area contributed by atoms with Crippen molar-refractivity contribution in [3.8, 4) is 11.7 Å². The molecule has 4 heteroatoms. The summed E-state index contributed by atoms with van der Waals surface area (Å²) in [5.74, 6) is 2.69. The first kappa shape index (κ1) is 16.4. The summed E-state index contributed by atoms with van der Waals surface area (Å²) in [4.78, 5) is 4.66. The lowest BCUT2D eigenvalue weighted by molar-refractivity contribution is 0.244. The third-order valence-corrected chi connectivity index (χ3v) is 3.54. The van der Waals surface area contributed by atoms with E-state index in [2.05, 4.69) is 25.8 Å². The van der Waals surface area contributed by atoms with E-state index in [0.29, 0.717) is 24.4 Å². The SMILES string of the molecule is CCOc1oc(C(C)c2ccc(OC)cc2)nc1CC(C)C. The summed E-state index contributed by atoms with van der Waals surface area (Å²) in [6.07, 6.45) is 0.855. The predicted molar refractivity (Wildman–Crippen MR) is 86.7 cm³/mol. The summed E-state index contributed by atoms with van der Waals surface area (Å²) >= 11 is 0. The van der Waals surface area contributed by atoms with Crippen molar-refractivity contribution in [1.29, 1.82) is 0 Å². The van der Waals surface area contributed by atoms with E-state index in [4.69, 9.17) is 13.9 Å². The summed E-state index contributed by atoms with van der Waals surface area (Å²) in [6.45, 7) is 8.95. The van der Waals surface area contributed by atoms with Crippen LogP contribution in [-0.2, 0) is 6.42 Å². The topological polar surface area (TPSA) is 44.5 Å². The smallest absolute Gasteiger partial charge is 0.308 e. The molecular weight excluding hydrogens is 278 g/mol. The lowest BCUT2D eigenvalue weighted by Crippen LogP contribution is -2.00. The molecule has 0 saturated heterocycles. The average molecular weight is 303 g/mol. The maximum absolute atomic E-state index is 5.86. The number of nitrogens with zero attached hydrogens (tertiary/aromatic N) is 1. The highest BCUT2D eigenvalue weighted by Gasteiger charge is 2.21. The van der Waals surface area contributed by atoms with E-state index in [0.717, 1.165) is 23.4 Å². The molecule has 2 aromatic rings. The second kappa shape index (κ2) is 7.34. The third kappa shape index (κ3) is 3.81. The van der Waals surface area contributed by atoms with E-state index in [1.807, 2.05) is 31.2 Å². The minimum Gasteiger partial charge on any atom is -0.497 e. The molecule has 0 saturated carbocycles. The molecule has 1 heterocycles. The number of hydrogen-bond acceptors (Lipinski definition) is 4. The summed E-state index contributed by atoms with van der Waals surface area (Å²) < 4.78 is 16.7. The molecule has 0 aliphatic heterocycles. The van der Waals surface area contributed by atoms with Gasteiger partial charge in [0.1, 0.15) is 11.4 Å². The first-order valence-electron chi connectivity index (χ1n) is 7.81. The fourth-order valence-corrected chi connectivity index (χ4v) is 2.34. The fourth-order valence-electron chi connectivity index (χ4n) is 2.34. The molecule has 0 aliphatic rings. The molecule has 0 fully saturated rings. The van der Waals surface area contributed by atoms with Gasteiger partial charge in [0, 0.05) is 0 Å². The first-order chi connectivity index (χ1) is 10.5. The molecule has 2 rings (SSSR count). The van der Waals surface area contributed by atoms with E-state index in [-0.39, 0.29) is 5.92 Å². The highest BCUT2D eigenvalue weighted by molar-refractivity contribution is 5.32. The van der Waals surface area contributed by atoms with Gasteiger partial charge < -0.3 is 13.9 Å². The molecule has 1 unspecified atom stereocenters. The van der Waals surface area contributed by atoms with E-state index < -0.39 is 0 Å². The van der Waals surface area contributed by atoms with Gasteiger partial charge in [-0.25, -0.2) is 4.98 Å². The van der Waals surface area contributed by atoms with Gasteiger partial charge in [-0.3, -0.25) is 0 Å². The second-order valence-corrected chi connectivity index (χ2v) is 5.81. The lowest BCUT2D eigenvalue weighted by Gasteiger charge is -2.08. The van der Waals surface area contributed by atoms with Crippen LogP contribution < -0.4 is 9.47 Å². The van der Waals surface area contributed by atoms with Gasteiger partial charge in [0.15, 0.2) is 0 Å². The van der Waals surface area contributed by atoms with Crippen LogP contribution in [0.25, 0.3) is 0 Å². The molecule has 0 bridgehead atoms. The molecule has 4 nitrogen and oxygen atoms in total. The van der Waals surface area contributed by atoms with Gasteiger partial charge in [0.05, 0.1) is 19.6 Å². The van der Waals surface area contributed by atoms with Crippen LogP contribution in [0.2, 0.25) is 0 Å². The van der Waals surface area contributed by atoms with Crippen LogP contribution in [0.5, 0.6) is 11.7 Å². The van der Waals surface area contributed by atoms with Gasteiger partial charge in [-0.15, -0.1) is 0 Å². The second-order valence-electron chi connectivity index (χ2n) is 5.81. The molecule has 22 heavy (non-hydrogen) atoms. The number of hydrogen-bond donors (Lipinski definition) is 0. The molecule has 0 spiro atoms. The van der Waals surface area contributed by atoms with Crippen molar-refractivity contribution >= 4 is 0 Å². The number of benzene rings is 1. The van der Waals surface area contributed by atoms with Crippen molar-refractivity contribution < 1.29 is 13.9 Å². The zero-order chi connectivity index (χ0) is 16.1. The Kier molecular flexibility index (Phi) is 5.47. The number of aromatic nitrogens is 1. The molecule has 120 valence electrons. The minimum absolute atomic E-state index is 0.0750. The Morgan fingerprint density at radius 1 is 1.14 bits per heavy atom. The Morgan fingerprint density at radius 3 is 2.36 bits per heavy atom. The number of ether oxygens (including phenoxy) is 2. The number of rotatable bonds is 7. The van der Waals surface area contributed by atoms with Gasteiger partial charge in [-0.05, 0) is 43.9 Å². The minimum atomic E-state index is 0.0750. The van der Waals surface area contributed by atoms with Crippen LogP contribution in [-0.4, -0.2) is 18.7 Å². The Bertz CT molecular complexity index is 587. The van der Waals surface area contributed by atoms with Crippen molar-refractivity contribution in [3.05, 3.63) is 41.4 Å². The zero-order valence-electron chi connectivity index (χ0n) is 14.1. The van der Waals surface area contributed by atoms with E-state index >= 15 is 0 Å². The fraction of sp³-hybridized carbons (Fsp3) is 0.500. The van der Waals surface area contributed by atoms with E-state index in [1.165, 1.54) is 0 Å². The summed E-state index contributed by atoms with van der Waals surface area (Å²) in [6, 6.07) is 7.98. The van der Waals surface area contributed by atoms with Gasteiger partial charge >= 0.3 is 5.95 Å². The van der Waals surface area contributed by atoms with Gasteiger partial charge in [-0.1, -0.05) is 26.0 Å². The Morgan fingerprint density at radius 2 is 1.82 bits per heavy atom. The molecule has 0 amide bonds. The third-order valence-electron chi connectivity index (χ3n) is 3.54. The van der Waals surface area contributed by atoms with E-state index in [9.17, 15) is 0 Å². The largest absolute Gasteiger partial charge is 0.497 e. The lowest BCUT2D eigenvalue weighted by atomic mass is 10.0. The highest BCUT2D eigenvalue weighted by Crippen LogP contribution is 2.31. The van der Waals surface area contributed by atoms with Crippen LogP contribution in [0.3, 0.4) is 0 Å². The maximum Gasteiger partial charge on any atom is 0.308 e. The molecule has 0 aliphatic carbocycles. The monoisotopic (exact) mass is 303 g/mol. The van der Waals surface area contributed by atoms with Crippen molar-refractivity contribution in [2.24, 2.45) is 5.92 Å². The van der Waals surface area contributed by atoms with Crippen molar-refractivity contribution in [3.63, 3.8) is 0 Å². The molecule has 0 N–H and O–H groups in total. The predicted octanol–water partition coefficient (Wildman–Crippen LogP) is 4.43. The van der Waals surface area contributed by atoms with Crippen LogP contribution >= 0.6 is 0 Å². The van der Waals surface area contributed by atoms with Crippen LogP contribution in [0.15, 0.2) is 28.7 Å². The summed E-state index contributed by atoms with van der Waals surface area (Å²) in [5, 5.41) is 0. The van der Waals surface area contributed by atoms with Crippen LogP contribution in [0, 0.1) is 5.92 Å². The zero-order valence-corrected chi connectivity index (χ0v) is 14.1. The molecule has 1 aromatic carbocycles. The quantitative estimate of drug-likeness (QED) is 0.759. The Hall–Kier alpha value is -1.97. The number of oxazole rings is 1. The van der Waals surface area contributed by atoms with Crippen molar-refractivity contribution in [1.82, 2.24) is 4.98 Å².